The molecule has 1 aliphatic heterocycles. The third-order valence-electron chi connectivity index (χ3n) is 6.08. The van der Waals surface area contributed by atoms with Crippen LogP contribution in [0.1, 0.15) is 38.2 Å². The Hall–Kier alpha value is -2.65. The molecule has 5 rings (SSSR count). The molecule has 0 amide bonds. The van der Waals surface area contributed by atoms with Crippen LogP contribution in [-0.2, 0) is 16.2 Å². The molecule has 3 heterocycles. The summed E-state index contributed by atoms with van der Waals surface area (Å²) >= 11 is 0. The van der Waals surface area contributed by atoms with Crippen LogP contribution < -0.4 is 16.5 Å². The van der Waals surface area contributed by atoms with E-state index in [9.17, 15) is 4.79 Å². The number of aromatic nitrogens is 3. The normalized spacial score (nSPS) is 31.2. The number of hydrogen-bond donors (Lipinski definition) is 4. The van der Waals surface area contributed by atoms with Gasteiger partial charge in [-0.1, -0.05) is 0 Å². The highest BCUT2D eigenvalue weighted by Crippen LogP contribution is 2.43. The summed E-state index contributed by atoms with van der Waals surface area (Å²) in [6, 6.07) is 0.283. The maximum Gasteiger partial charge on any atom is 0.306 e. The van der Waals surface area contributed by atoms with Gasteiger partial charge in [0, 0.05) is 30.4 Å². The molecule has 0 radical (unpaired) electrons. The molecule has 0 bridgehead atoms. The van der Waals surface area contributed by atoms with Crippen molar-refractivity contribution in [3.8, 4) is 0 Å². The first-order chi connectivity index (χ1) is 13.5. The van der Waals surface area contributed by atoms with Gasteiger partial charge in [0.05, 0.1) is 28.9 Å². The van der Waals surface area contributed by atoms with E-state index >= 15 is 0 Å². The number of nitrogens with one attached hydrogen (secondary N) is 2. The maximum absolute atomic E-state index is 11.2. The van der Waals surface area contributed by atoms with Crippen molar-refractivity contribution < 1.29 is 14.7 Å². The van der Waals surface area contributed by atoms with Crippen LogP contribution in [0, 0.1) is 5.92 Å². The molecule has 9 nitrogen and oxygen atoms in total. The molecule has 0 unspecified atom stereocenters. The number of aryl methyl sites for hydroxylation is 1. The number of hydrogen-bond acceptors (Lipinski definition) is 7. The van der Waals surface area contributed by atoms with E-state index in [1.165, 1.54) is 0 Å². The van der Waals surface area contributed by atoms with Gasteiger partial charge in [-0.25, -0.2) is 9.67 Å². The molecule has 2 aromatic rings. The SMILES string of the molecule is CCn1ncc2c(NC3CC(C(=O)O)C3)c(C3=CC4(CC(N)C4)ON3)cnc21. The summed E-state index contributed by atoms with van der Waals surface area (Å²) in [5.41, 5.74) is 12.2. The lowest BCUT2D eigenvalue weighted by molar-refractivity contribution is -0.144. The number of nitrogens with zero attached hydrogens (tertiary/aromatic N) is 3. The Bertz CT molecular complexity index is 971. The lowest BCUT2D eigenvalue weighted by Gasteiger charge is -2.39. The predicted molar refractivity (Wildman–Crippen MR) is 103 cm³/mol. The molecular weight excluding hydrogens is 360 g/mol. The number of pyridine rings is 1. The molecule has 2 fully saturated rings. The van der Waals surface area contributed by atoms with Gasteiger partial charge in [-0.15, -0.1) is 0 Å². The second kappa shape index (κ2) is 6.18. The van der Waals surface area contributed by atoms with Crippen LogP contribution in [0.5, 0.6) is 0 Å². The van der Waals surface area contributed by atoms with Gasteiger partial charge in [0.25, 0.3) is 0 Å². The lowest BCUT2D eigenvalue weighted by Crippen LogP contribution is -2.51. The largest absolute Gasteiger partial charge is 0.481 e. The van der Waals surface area contributed by atoms with Crippen LogP contribution in [0.15, 0.2) is 18.5 Å². The Kier molecular flexibility index (Phi) is 3.85. The minimum atomic E-state index is -0.728. The number of aliphatic carboxylic acids is 1. The summed E-state index contributed by atoms with van der Waals surface area (Å²) < 4.78 is 1.85. The number of fused-ring (bicyclic) bond motifs is 1. The van der Waals surface area contributed by atoms with Crippen molar-refractivity contribution in [3.63, 3.8) is 0 Å². The molecule has 1 spiro atoms. The van der Waals surface area contributed by atoms with Gasteiger partial charge in [0.2, 0.25) is 0 Å². The summed E-state index contributed by atoms with van der Waals surface area (Å²) in [5, 5.41) is 18.1. The number of rotatable bonds is 5. The van der Waals surface area contributed by atoms with E-state index < -0.39 is 5.97 Å². The van der Waals surface area contributed by atoms with E-state index in [0.29, 0.717) is 12.8 Å². The summed E-state index contributed by atoms with van der Waals surface area (Å²) in [5.74, 6) is -1.00. The fraction of sp³-hybridized carbons (Fsp3) is 0.526. The van der Waals surface area contributed by atoms with E-state index in [1.807, 2.05) is 24.0 Å². The van der Waals surface area contributed by atoms with Crippen LogP contribution >= 0.6 is 0 Å². The van der Waals surface area contributed by atoms with Crippen molar-refractivity contribution in [3.05, 3.63) is 24.0 Å². The average molecular weight is 384 g/mol. The Labute approximate surface area is 161 Å². The zero-order chi connectivity index (χ0) is 19.5. The van der Waals surface area contributed by atoms with Gasteiger partial charge in [-0.2, -0.15) is 5.10 Å². The minimum Gasteiger partial charge on any atom is -0.481 e. The molecular formula is C19H24N6O3. The third-order valence-corrected chi connectivity index (χ3v) is 6.08. The number of carboxylic acids is 1. The van der Waals surface area contributed by atoms with E-state index in [-0.39, 0.29) is 23.6 Å². The average Bonchev–Trinajstić information content (AvgIpc) is 3.21. The molecule has 0 atom stereocenters. The predicted octanol–water partition coefficient (Wildman–Crippen LogP) is 1.46. The quantitative estimate of drug-likeness (QED) is 0.610. The van der Waals surface area contributed by atoms with Gasteiger partial charge < -0.3 is 16.2 Å². The van der Waals surface area contributed by atoms with Gasteiger partial charge in [0.15, 0.2) is 5.65 Å². The minimum absolute atomic E-state index is 0.115. The summed E-state index contributed by atoms with van der Waals surface area (Å²) in [6.45, 7) is 2.75. The molecule has 28 heavy (non-hydrogen) atoms. The Morgan fingerprint density at radius 2 is 2.25 bits per heavy atom. The number of nitrogens with two attached hydrogens (primary N) is 1. The van der Waals surface area contributed by atoms with Crippen molar-refractivity contribution in [2.75, 3.05) is 5.32 Å². The van der Waals surface area contributed by atoms with Gasteiger partial charge in [0.1, 0.15) is 5.60 Å². The molecule has 3 aliphatic rings. The van der Waals surface area contributed by atoms with Crippen molar-refractivity contribution in [2.24, 2.45) is 11.7 Å². The van der Waals surface area contributed by atoms with Crippen LogP contribution in [0.4, 0.5) is 5.69 Å². The van der Waals surface area contributed by atoms with Crippen LogP contribution in [0.2, 0.25) is 0 Å². The van der Waals surface area contributed by atoms with Gasteiger partial charge in [-0.05, 0) is 38.7 Å². The fourth-order valence-electron chi connectivity index (χ4n) is 4.40. The zero-order valence-corrected chi connectivity index (χ0v) is 15.7. The number of hydroxylamine groups is 1. The maximum atomic E-state index is 11.2. The second-order valence-electron chi connectivity index (χ2n) is 8.09. The molecule has 5 N–H and O–H groups in total. The smallest absolute Gasteiger partial charge is 0.306 e. The Morgan fingerprint density at radius 1 is 1.46 bits per heavy atom. The number of carbonyl (C=O) groups is 1. The Morgan fingerprint density at radius 3 is 2.93 bits per heavy atom. The molecule has 2 aliphatic carbocycles. The molecule has 2 saturated carbocycles. The molecule has 148 valence electrons. The molecule has 0 aromatic carbocycles. The van der Waals surface area contributed by atoms with E-state index in [0.717, 1.165) is 47.4 Å². The van der Waals surface area contributed by atoms with Gasteiger partial charge >= 0.3 is 5.97 Å². The Balaban J connectivity index is 1.51. The molecule has 2 aromatic heterocycles. The van der Waals surface area contributed by atoms with E-state index in [2.05, 4.69) is 27.0 Å². The fourth-order valence-corrected chi connectivity index (χ4v) is 4.40. The highest BCUT2D eigenvalue weighted by atomic mass is 16.7. The number of carboxylic acid groups (broad SMARTS) is 1. The highest BCUT2D eigenvalue weighted by molar-refractivity contribution is 5.96. The molecule has 0 saturated heterocycles. The first-order valence-corrected chi connectivity index (χ1v) is 9.74. The lowest BCUT2D eigenvalue weighted by atomic mass is 9.76. The summed E-state index contributed by atoms with van der Waals surface area (Å²) in [6.07, 6.45) is 8.54. The molecule has 9 heteroatoms. The van der Waals surface area contributed by atoms with Crippen molar-refractivity contribution >= 4 is 28.4 Å². The van der Waals surface area contributed by atoms with E-state index in [1.54, 1.807) is 0 Å². The van der Waals surface area contributed by atoms with Crippen molar-refractivity contribution in [2.45, 2.75) is 56.8 Å². The highest BCUT2D eigenvalue weighted by Gasteiger charge is 2.46. The van der Waals surface area contributed by atoms with Crippen molar-refractivity contribution in [1.82, 2.24) is 20.2 Å². The first kappa shape index (κ1) is 17.4. The van der Waals surface area contributed by atoms with Gasteiger partial charge in [-0.3, -0.25) is 15.1 Å². The van der Waals surface area contributed by atoms with Crippen LogP contribution in [0.25, 0.3) is 16.7 Å². The zero-order valence-electron chi connectivity index (χ0n) is 15.7. The first-order valence-electron chi connectivity index (χ1n) is 9.74. The second-order valence-corrected chi connectivity index (χ2v) is 8.09. The number of anilines is 1. The summed E-state index contributed by atoms with van der Waals surface area (Å²) in [7, 11) is 0. The summed E-state index contributed by atoms with van der Waals surface area (Å²) in [4.78, 5) is 21.6. The monoisotopic (exact) mass is 384 g/mol. The van der Waals surface area contributed by atoms with E-state index in [4.69, 9.17) is 15.7 Å². The third kappa shape index (κ3) is 2.65. The van der Waals surface area contributed by atoms with Crippen molar-refractivity contribution in [1.29, 1.82) is 0 Å². The van der Waals surface area contributed by atoms with Crippen LogP contribution in [0.3, 0.4) is 0 Å². The standard InChI is InChI=1S/C19H24N6O3/c1-2-25-17-14(9-22-25)16(23-12-3-10(4-12)18(26)27)13(8-21-17)15-7-19(28-24-15)5-11(20)6-19/h7-12,24H,2-6,20H2,1H3,(H,21,23)(H,26,27). The van der Waals surface area contributed by atoms with Crippen LogP contribution in [-0.4, -0.2) is 43.5 Å². The topological polar surface area (TPSA) is 127 Å².